The van der Waals surface area contributed by atoms with Crippen LogP contribution in [0.15, 0.2) is 48.5 Å². The number of ether oxygens (including phenoxy) is 1. The Balaban J connectivity index is 1.77. The van der Waals surface area contributed by atoms with Crippen molar-refractivity contribution in [3.05, 3.63) is 69.2 Å². The average Bonchev–Trinajstić information content (AvgIpc) is 2.68. The van der Waals surface area contributed by atoms with Gasteiger partial charge in [-0.05, 0) is 37.5 Å². The van der Waals surface area contributed by atoms with Gasteiger partial charge < -0.3 is 15.4 Å². The minimum atomic E-state index is -0.412. The molecule has 1 atom stereocenters. The van der Waals surface area contributed by atoms with Crippen molar-refractivity contribution in [2.75, 3.05) is 25.1 Å². The molecule has 3 rings (SSSR count). The second-order valence-electron chi connectivity index (χ2n) is 6.94. The number of nitro groups is 1. The predicted molar refractivity (Wildman–Crippen MR) is 107 cm³/mol. The molecule has 0 bridgehead atoms. The highest BCUT2D eigenvalue weighted by Crippen LogP contribution is 2.30. The van der Waals surface area contributed by atoms with E-state index in [1.807, 2.05) is 18.2 Å². The molecule has 1 unspecified atom stereocenters. The standard InChI is InChI=1S/C20H24ClN3O3/c1-15(16-5-3-2-4-6-16)23-20(9-11-27-12-10-20)14-22-18-8-7-17(21)13-19(18)24(25)26/h2-8,13,15,22-23H,9-12,14H2,1H3. The Morgan fingerprint density at radius 1 is 1.22 bits per heavy atom. The molecule has 1 saturated heterocycles. The van der Waals surface area contributed by atoms with Gasteiger partial charge in [-0.2, -0.15) is 0 Å². The van der Waals surface area contributed by atoms with Crippen molar-refractivity contribution in [1.82, 2.24) is 5.32 Å². The molecule has 27 heavy (non-hydrogen) atoms. The van der Waals surface area contributed by atoms with E-state index in [4.69, 9.17) is 16.3 Å². The Morgan fingerprint density at radius 2 is 1.93 bits per heavy atom. The zero-order valence-corrected chi connectivity index (χ0v) is 16.0. The summed E-state index contributed by atoms with van der Waals surface area (Å²) in [5, 5.41) is 18.7. The van der Waals surface area contributed by atoms with E-state index in [1.165, 1.54) is 11.6 Å². The number of nitro benzene ring substituents is 1. The third-order valence-electron chi connectivity index (χ3n) is 5.05. The number of hydrogen-bond acceptors (Lipinski definition) is 5. The lowest BCUT2D eigenvalue weighted by molar-refractivity contribution is -0.383. The number of anilines is 1. The Kier molecular flexibility index (Phi) is 6.31. The summed E-state index contributed by atoms with van der Waals surface area (Å²) in [7, 11) is 0. The first-order chi connectivity index (χ1) is 13.0. The molecule has 1 aliphatic rings. The van der Waals surface area contributed by atoms with Gasteiger partial charge in [-0.3, -0.25) is 10.1 Å². The number of halogens is 1. The monoisotopic (exact) mass is 389 g/mol. The van der Waals surface area contributed by atoms with Crippen LogP contribution < -0.4 is 10.6 Å². The van der Waals surface area contributed by atoms with Crippen molar-refractivity contribution in [3.63, 3.8) is 0 Å². The van der Waals surface area contributed by atoms with Crippen LogP contribution in [-0.4, -0.2) is 30.2 Å². The summed E-state index contributed by atoms with van der Waals surface area (Å²) in [6, 6.07) is 15.1. The molecule has 7 heteroatoms. The number of hydrogen-bond donors (Lipinski definition) is 2. The van der Waals surface area contributed by atoms with Crippen LogP contribution in [0.4, 0.5) is 11.4 Å². The highest BCUT2D eigenvalue weighted by Gasteiger charge is 2.34. The van der Waals surface area contributed by atoms with Gasteiger partial charge in [0.25, 0.3) is 5.69 Å². The quantitative estimate of drug-likeness (QED) is 0.536. The second-order valence-corrected chi connectivity index (χ2v) is 7.38. The molecule has 2 N–H and O–H groups in total. The first-order valence-electron chi connectivity index (χ1n) is 9.07. The van der Waals surface area contributed by atoms with E-state index in [0.717, 1.165) is 12.8 Å². The smallest absolute Gasteiger partial charge is 0.293 e. The summed E-state index contributed by atoms with van der Waals surface area (Å²) < 4.78 is 5.55. The fourth-order valence-corrected chi connectivity index (χ4v) is 3.65. The van der Waals surface area contributed by atoms with Gasteiger partial charge in [0.2, 0.25) is 0 Å². The molecule has 1 aliphatic heterocycles. The van der Waals surface area contributed by atoms with E-state index in [-0.39, 0.29) is 17.3 Å². The van der Waals surface area contributed by atoms with Crippen LogP contribution in [0.2, 0.25) is 5.02 Å². The van der Waals surface area contributed by atoms with Crippen LogP contribution in [-0.2, 0) is 4.74 Å². The maximum atomic E-state index is 11.3. The fraction of sp³-hybridized carbons (Fsp3) is 0.400. The zero-order valence-electron chi connectivity index (χ0n) is 15.3. The van der Waals surface area contributed by atoms with Gasteiger partial charge in [0.15, 0.2) is 0 Å². The Labute approximate surface area is 164 Å². The third-order valence-corrected chi connectivity index (χ3v) is 5.28. The van der Waals surface area contributed by atoms with Crippen molar-refractivity contribution in [1.29, 1.82) is 0 Å². The first kappa shape index (κ1) is 19.6. The van der Waals surface area contributed by atoms with Crippen molar-refractivity contribution in [2.24, 2.45) is 0 Å². The van der Waals surface area contributed by atoms with E-state index in [2.05, 4.69) is 29.7 Å². The topological polar surface area (TPSA) is 76.4 Å². The molecular weight excluding hydrogens is 366 g/mol. The SMILES string of the molecule is CC(NC1(CNc2ccc(Cl)cc2[N+](=O)[O-])CCOCC1)c1ccccc1. The van der Waals surface area contributed by atoms with Gasteiger partial charge in [0.1, 0.15) is 5.69 Å². The Bertz CT molecular complexity index is 779. The van der Waals surface area contributed by atoms with Crippen molar-refractivity contribution < 1.29 is 9.66 Å². The normalized spacial score (nSPS) is 17.3. The van der Waals surface area contributed by atoms with Crippen LogP contribution in [0, 0.1) is 10.1 Å². The van der Waals surface area contributed by atoms with Crippen LogP contribution in [0.5, 0.6) is 0 Å². The summed E-state index contributed by atoms with van der Waals surface area (Å²) in [5.41, 5.74) is 1.46. The molecule has 2 aromatic rings. The van der Waals surface area contributed by atoms with Crippen LogP contribution in [0.3, 0.4) is 0 Å². The average molecular weight is 390 g/mol. The number of benzene rings is 2. The largest absolute Gasteiger partial charge is 0.381 e. The Hall–Kier alpha value is -2.15. The molecule has 144 valence electrons. The van der Waals surface area contributed by atoms with Gasteiger partial charge >= 0.3 is 0 Å². The second kappa shape index (κ2) is 8.69. The zero-order chi connectivity index (χ0) is 19.3. The van der Waals surface area contributed by atoms with Gasteiger partial charge in [-0.15, -0.1) is 0 Å². The molecule has 0 amide bonds. The highest BCUT2D eigenvalue weighted by atomic mass is 35.5. The van der Waals surface area contributed by atoms with Crippen LogP contribution in [0.25, 0.3) is 0 Å². The van der Waals surface area contributed by atoms with E-state index >= 15 is 0 Å². The van der Waals surface area contributed by atoms with Gasteiger partial charge in [-0.25, -0.2) is 0 Å². The summed E-state index contributed by atoms with van der Waals surface area (Å²) in [4.78, 5) is 10.9. The molecule has 0 spiro atoms. The lowest BCUT2D eigenvalue weighted by Crippen LogP contribution is -2.54. The van der Waals surface area contributed by atoms with E-state index < -0.39 is 4.92 Å². The van der Waals surface area contributed by atoms with E-state index in [1.54, 1.807) is 12.1 Å². The lowest BCUT2D eigenvalue weighted by Gasteiger charge is -2.41. The van der Waals surface area contributed by atoms with Crippen LogP contribution >= 0.6 is 11.6 Å². The van der Waals surface area contributed by atoms with Gasteiger partial charge in [0.05, 0.1) is 4.92 Å². The predicted octanol–water partition coefficient (Wildman–Crippen LogP) is 4.56. The highest BCUT2D eigenvalue weighted by molar-refractivity contribution is 6.30. The molecular formula is C20H24ClN3O3. The van der Waals surface area contributed by atoms with Crippen LogP contribution in [0.1, 0.15) is 31.4 Å². The molecule has 0 radical (unpaired) electrons. The van der Waals surface area contributed by atoms with Crippen molar-refractivity contribution in [3.8, 4) is 0 Å². The van der Waals surface area contributed by atoms with E-state index in [0.29, 0.717) is 30.5 Å². The molecule has 6 nitrogen and oxygen atoms in total. The first-order valence-corrected chi connectivity index (χ1v) is 9.45. The number of nitrogens with one attached hydrogen (secondary N) is 2. The molecule has 2 aromatic carbocycles. The minimum Gasteiger partial charge on any atom is -0.381 e. The fourth-order valence-electron chi connectivity index (χ4n) is 3.49. The van der Waals surface area contributed by atoms with Gasteiger partial charge in [0, 0.05) is 42.4 Å². The molecule has 0 aliphatic carbocycles. The number of nitrogens with zero attached hydrogens (tertiary/aromatic N) is 1. The Morgan fingerprint density at radius 3 is 2.59 bits per heavy atom. The summed E-state index contributed by atoms with van der Waals surface area (Å²) in [6.45, 7) is 4.03. The molecule has 1 heterocycles. The van der Waals surface area contributed by atoms with Crippen molar-refractivity contribution >= 4 is 23.0 Å². The maximum absolute atomic E-state index is 11.3. The summed E-state index contributed by atoms with van der Waals surface area (Å²) >= 11 is 5.91. The van der Waals surface area contributed by atoms with Gasteiger partial charge in [-0.1, -0.05) is 41.9 Å². The lowest BCUT2D eigenvalue weighted by atomic mass is 9.88. The summed E-state index contributed by atoms with van der Waals surface area (Å²) in [6.07, 6.45) is 1.66. The molecule has 0 aromatic heterocycles. The minimum absolute atomic E-state index is 0.0131. The molecule has 0 saturated carbocycles. The third kappa shape index (κ3) is 4.97. The maximum Gasteiger partial charge on any atom is 0.293 e. The molecule has 1 fully saturated rings. The summed E-state index contributed by atoms with van der Waals surface area (Å²) in [5.74, 6) is 0. The van der Waals surface area contributed by atoms with Crippen molar-refractivity contribution in [2.45, 2.75) is 31.3 Å². The number of rotatable bonds is 7. The van der Waals surface area contributed by atoms with E-state index in [9.17, 15) is 10.1 Å².